The van der Waals surface area contributed by atoms with Crippen molar-refractivity contribution in [3.63, 3.8) is 0 Å². The Kier molecular flexibility index (Phi) is 3.91. The van der Waals surface area contributed by atoms with Crippen molar-refractivity contribution >= 4 is 29.1 Å². The lowest BCUT2D eigenvalue weighted by molar-refractivity contribution is -0.128. The summed E-state index contributed by atoms with van der Waals surface area (Å²) in [6.45, 7) is 6.06. The lowest BCUT2D eigenvalue weighted by atomic mass is 9.95. The minimum atomic E-state index is -0.888. The molecular weight excluding hydrogens is 269 g/mol. The van der Waals surface area contributed by atoms with Crippen LogP contribution in [0.25, 0.3) is 0 Å². The van der Waals surface area contributed by atoms with Gasteiger partial charge < -0.3 is 5.32 Å². The number of carbonyl (C=O) groups excluding carboxylic acids is 1. The van der Waals surface area contributed by atoms with Crippen molar-refractivity contribution in [1.29, 1.82) is 0 Å². The zero-order valence-corrected chi connectivity index (χ0v) is 12.9. The number of halogens is 2. The van der Waals surface area contributed by atoms with E-state index in [4.69, 9.17) is 23.2 Å². The maximum absolute atomic E-state index is 12.5. The number of nitrogens with one attached hydrogen (secondary N) is 1. The van der Waals surface area contributed by atoms with E-state index in [1.807, 2.05) is 13.8 Å². The Morgan fingerprint density at radius 2 is 1.89 bits per heavy atom. The molecular formula is C14H23Cl2NO. The second kappa shape index (κ2) is 4.86. The lowest BCUT2D eigenvalue weighted by Gasteiger charge is -2.24. The second-order valence-electron chi connectivity index (χ2n) is 5.98. The Hall–Kier alpha value is 0.0500. The van der Waals surface area contributed by atoms with Crippen molar-refractivity contribution in [3.8, 4) is 0 Å². The van der Waals surface area contributed by atoms with E-state index in [9.17, 15) is 4.79 Å². The van der Waals surface area contributed by atoms with Gasteiger partial charge in [0, 0.05) is 12.0 Å². The van der Waals surface area contributed by atoms with Crippen LogP contribution in [0.2, 0.25) is 0 Å². The summed E-state index contributed by atoms with van der Waals surface area (Å²) >= 11 is 12.5. The summed E-state index contributed by atoms with van der Waals surface area (Å²) in [4.78, 5) is 12.5. The molecule has 3 atom stereocenters. The summed E-state index contributed by atoms with van der Waals surface area (Å²) < 4.78 is -0.888. The van der Waals surface area contributed by atoms with Crippen LogP contribution in [0.4, 0.5) is 0 Å². The standard InChI is InChI=1S/C14H23Cl2NO/c1-4-13(10(3)14(13,15)16)12(18)17-9(2)11-7-5-6-8-11/h9-11H,4-8H2,1-3H3,(H,17,18). The Labute approximate surface area is 120 Å². The fourth-order valence-electron chi connectivity index (χ4n) is 3.60. The maximum atomic E-state index is 12.5. The normalized spacial score (nSPS) is 36.4. The summed E-state index contributed by atoms with van der Waals surface area (Å²) in [5.41, 5.74) is -0.580. The fourth-order valence-corrected chi connectivity index (χ4v) is 4.63. The predicted molar refractivity (Wildman–Crippen MR) is 75.9 cm³/mol. The number of carbonyl (C=O) groups is 1. The summed E-state index contributed by atoms with van der Waals surface area (Å²) in [6, 6.07) is 0.236. The average Bonchev–Trinajstić information content (AvgIpc) is 2.75. The van der Waals surface area contributed by atoms with E-state index in [0.29, 0.717) is 12.3 Å². The maximum Gasteiger partial charge on any atom is 0.229 e. The largest absolute Gasteiger partial charge is 0.353 e. The minimum absolute atomic E-state index is 0.0362. The molecule has 0 aromatic carbocycles. The molecule has 2 fully saturated rings. The van der Waals surface area contributed by atoms with Crippen LogP contribution in [-0.4, -0.2) is 16.3 Å². The Bertz CT molecular complexity index is 339. The Morgan fingerprint density at radius 1 is 1.39 bits per heavy atom. The van der Waals surface area contributed by atoms with Gasteiger partial charge in [-0.15, -0.1) is 23.2 Å². The van der Waals surface area contributed by atoms with Crippen molar-refractivity contribution in [3.05, 3.63) is 0 Å². The van der Waals surface area contributed by atoms with Gasteiger partial charge in [0.05, 0.1) is 5.41 Å². The first kappa shape index (κ1) is 14.5. The summed E-state index contributed by atoms with van der Waals surface area (Å²) in [5.74, 6) is 0.702. The minimum Gasteiger partial charge on any atom is -0.353 e. The molecule has 1 N–H and O–H groups in total. The molecule has 0 heterocycles. The Balaban J connectivity index is 1.99. The van der Waals surface area contributed by atoms with Gasteiger partial charge in [0.25, 0.3) is 0 Å². The molecule has 0 aromatic rings. The fraction of sp³-hybridized carbons (Fsp3) is 0.929. The molecule has 2 aliphatic carbocycles. The first-order valence-corrected chi connectivity index (χ1v) is 7.82. The molecule has 4 heteroatoms. The molecule has 2 saturated carbocycles. The van der Waals surface area contributed by atoms with Crippen molar-refractivity contribution in [2.45, 2.75) is 63.3 Å². The monoisotopic (exact) mass is 291 g/mol. The van der Waals surface area contributed by atoms with E-state index in [0.717, 1.165) is 0 Å². The van der Waals surface area contributed by atoms with Gasteiger partial charge >= 0.3 is 0 Å². The summed E-state index contributed by atoms with van der Waals surface area (Å²) in [6.07, 6.45) is 5.72. The van der Waals surface area contributed by atoms with Crippen molar-refractivity contribution in [2.75, 3.05) is 0 Å². The zero-order chi connectivity index (χ0) is 13.6. The Morgan fingerprint density at radius 3 is 2.28 bits per heavy atom. The van der Waals surface area contributed by atoms with E-state index < -0.39 is 9.75 Å². The molecule has 0 aromatic heterocycles. The molecule has 0 spiro atoms. The SMILES string of the molecule is CCC1(C(=O)NC(C)C2CCCC2)C(C)C1(Cl)Cl. The molecule has 0 saturated heterocycles. The van der Waals surface area contributed by atoms with E-state index in [1.165, 1.54) is 25.7 Å². The number of hydrogen-bond donors (Lipinski definition) is 1. The molecule has 18 heavy (non-hydrogen) atoms. The van der Waals surface area contributed by atoms with Crippen LogP contribution in [0.15, 0.2) is 0 Å². The van der Waals surface area contributed by atoms with Crippen LogP contribution in [0.3, 0.4) is 0 Å². The molecule has 0 aliphatic heterocycles. The molecule has 0 radical (unpaired) electrons. The molecule has 1 amide bonds. The summed E-state index contributed by atoms with van der Waals surface area (Å²) in [5, 5.41) is 3.15. The van der Waals surface area contributed by atoms with Crippen LogP contribution in [0.1, 0.15) is 52.9 Å². The zero-order valence-electron chi connectivity index (χ0n) is 11.4. The highest BCUT2D eigenvalue weighted by Crippen LogP contribution is 2.70. The van der Waals surface area contributed by atoms with Gasteiger partial charge in [-0.3, -0.25) is 4.79 Å². The van der Waals surface area contributed by atoms with Gasteiger partial charge in [-0.05, 0) is 32.1 Å². The first-order chi connectivity index (χ1) is 8.38. The molecule has 2 nitrogen and oxygen atoms in total. The van der Waals surface area contributed by atoms with Crippen molar-refractivity contribution in [2.24, 2.45) is 17.3 Å². The first-order valence-electron chi connectivity index (χ1n) is 7.06. The third-order valence-electron chi connectivity index (χ3n) is 5.22. The predicted octanol–water partition coefficient (Wildman–Crippen LogP) is 3.90. The highest BCUT2D eigenvalue weighted by molar-refractivity contribution is 6.53. The highest BCUT2D eigenvalue weighted by atomic mass is 35.5. The van der Waals surface area contributed by atoms with Crippen molar-refractivity contribution < 1.29 is 4.79 Å². The third kappa shape index (κ3) is 1.96. The molecule has 2 rings (SSSR count). The van der Waals surface area contributed by atoms with Crippen LogP contribution in [0, 0.1) is 17.3 Å². The van der Waals surface area contributed by atoms with Gasteiger partial charge in [0.1, 0.15) is 4.33 Å². The summed E-state index contributed by atoms with van der Waals surface area (Å²) in [7, 11) is 0. The lowest BCUT2D eigenvalue weighted by Crippen LogP contribution is -2.43. The molecule has 2 aliphatic rings. The van der Waals surface area contributed by atoms with E-state index in [-0.39, 0.29) is 17.9 Å². The number of amides is 1. The average molecular weight is 292 g/mol. The van der Waals surface area contributed by atoms with Crippen LogP contribution >= 0.6 is 23.2 Å². The van der Waals surface area contributed by atoms with E-state index in [1.54, 1.807) is 0 Å². The van der Waals surface area contributed by atoms with Crippen LogP contribution in [0.5, 0.6) is 0 Å². The van der Waals surface area contributed by atoms with Gasteiger partial charge in [-0.2, -0.15) is 0 Å². The topological polar surface area (TPSA) is 29.1 Å². The van der Waals surface area contributed by atoms with Gasteiger partial charge in [-0.1, -0.05) is 26.7 Å². The quantitative estimate of drug-likeness (QED) is 0.782. The number of alkyl halides is 2. The van der Waals surface area contributed by atoms with E-state index in [2.05, 4.69) is 12.2 Å². The smallest absolute Gasteiger partial charge is 0.229 e. The molecule has 104 valence electrons. The highest BCUT2D eigenvalue weighted by Gasteiger charge is 2.76. The second-order valence-corrected chi connectivity index (χ2v) is 7.36. The van der Waals surface area contributed by atoms with Crippen LogP contribution < -0.4 is 5.32 Å². The van der Waals surface area contributed by atoms with Crippen molar-refractivity contribution in [1.82, 2.24) is 5.32 Å². The van der Waals surface area contributed by atoms with Gasteiger partial charge in [0.15, 0.2) is 0 Å². The molecule has 3 unspecified atom stereocenters. The van der Waals surface area contributed by atoms with E-state index >= 15 is 0 Å². The number of hydrogen-bond acceptors (Lipinski definition) is 1. The van der Waals surface area contributed by atoms with Crippen LogP contribution in [-0.2, 0) is 4.79 Å². The molecule has 0 bridgehead atoms. The number of rotatable bonds is 4. The third-order valence-corrected chi connectivity index (χ3v) is 6.55. The van der Waals surface area contributed by atoms with Gasteiger partial charge in [-0.25, -0.2) is 0 Å². The van der Waals surface area contributed by atoms with Gasteiger partial charge in [0.2, 0.25) is 5.91 Å².